The van der Waals surface area contributed by atoms with Crippen LogP contribution in [0.3, 0.4) is 0 Å². The topological polar surface area (TPSA) is 85.9 Å². The SMILES string of the molecule is COc1ccc(C(=O)NNC(=O)COc2ccc3ccccc3c2)c(OC)c1. The molecule has 3 aromatic rings. The lowest BCUT2D eigenvalue weighted by molar-refractivity contribution is -0.123. The van der Waals surface area contributed by atoms with Crippen LogP contribution >= 0.6 is 0 Å². The van der Waals surface area contributed by atoms with Crippen molar-refractivity contribution in [1.29, 1.82) is 0 Å². The van der Waals surface area contributed by atoms with Crippen molar-refractivity contribution in [2.45, 2.75) is 0 Å². The van der Waals surface area contributed by atoms with Gasteiger partial charge in [0.15, 0.2) is 6.61 Å². The Morgan fingerprint density at radius 3 is 2.32 bits per heavy atom. The van der Waals surface area contributed by atoms with Crippen molar-refractivity contribution in [3.05, 3.63) is 66.2 Å². The van der Waals surface area contributed by atoms with Gasteiger partial charge < -0.3 is 14.2 Å². The fourth-order valence-electron chi connectivity index (χ4n) is 2.62. The van der Waals surface area contributed by atoms with E-state index in [1.54, 1.807) is 24.3 Å². The van der Waals surface area contributed by atoms with Crippen LogP contribution in [0.1, 0.15) is 10.4 Å². The Labute approximate surface area is 162 Å². The fraction of sp³-hybridized carbons (Fsp3) is 0.143. The molecule has 3 rings (SSSR count). The van der Waals surface area contributed by atoms with Gasteiger partial charge in [0.05, 0.1) is 19.8 Å². The molecule has 2 N–H and O–H groups in total. The van der Waals surface area contributed by atoms with Gasteiger partial charge >= 0.3 is 0 Å². The van der Waals surface area contributed by atoms with E-state index in [-0.39, 0.29) is 12.2 Å². The highest BCUT2D eigenvalue weighted by molar-refractivity contribution is 5.98. The number of benzene rings is 3. The van der Waals surface area contributed by atoms with Gasteiger partial charge in [-0.25, -0.2) is 0 Å². The number of hydrogen-bond acceptors (Lipinski definition) is 5. The first kappa shape index (κ1) is 19.0. The smallest absolute Gasteiger partial charge is 0.276 e. The van der Waals surface area contributed by atoms with E-state index in [0.29, 0.717) is 17.2 Å². The monoisotopic (exact) mass is 380 g/mol. The molecule has 0 spiro atoms. The molecule has 28 heavy (non-hydrogen) atoms. The second-order valence-corrected chi connectivity index (χ2v) is 5.87. The van der Waals surface area contributed by atoms with Crippen LogP contribution in [0.15, 0.2) is 60.7 Å². The van der Waals surface area contributed by atoms with Crippen LogP contribution in [0.5, 0.6) is 17.2 Å². The second kappa shape index (κ2) is 8.77. The first-order valence-corrected chi connectivity index (χ1v) is 8.53. The highest BCUT2D eigenvalue weighted by atomic mass is 16.5. The quantitative estimate of drug-likeness (QED) is 0.642. The summed E-state index contributed by atoms with van der Waals surface area (Å²) >= 11 is 0. The lowest BCUT2D eigenvalue weighted by atomic mass is 10.1. The predicted octanol–water partition coefficient (Wildman–Crippen LogP) is 2.70. The number of amides is 2. The number of fused-ring (bicyclic) bond motifs is 1. The van der Waals surface area contributed by atoms with Crippen molar-refractivity contribution >= 4 is 22.6 Å². The molecule has 0 aliphatic carbocycles. The lowest BCUT2D eigenvalue weighted by Gasteiger charge is -2.12. The molecule has 0 bridgehead atoms. The van der Waals surface area contributed by atoms with Gasteiger partial charge in [0, 0.05) is 6.07 Å². The zero-order chi connectivity index (χ0) is 19.9. The number of carbonyl (C=O) groups excluding carboxylic acids is 2. The average Bonchev–Trinajstić information content (AvgIpc) is 2.75. The van der Waals surface area contributed by atoms with E-state index >= 15 is 0 Å². The van der Waals surface area contributed by atoms with Crippen LogP contribution in [-0.4, -0.2) is 32.6 Å². The summed E-state index contributed by atoms with van der Waals surface area (Å²) in [4.78, 5) is 24.2. The van der Waals surface area contributed by atoms with Crippen LogP contribution in [0.4, 0.5) is 0 Å². The van der Waals surface area contributed by atoms with Crippen LogP contribution < -0.4 is 25.1 Å². The number of carbonyl (C=O) groups is 2. The number of rotatable bonds is 6. The maximum absolute atomic E-state index is 12.3. The summed E-state index contributed by atoms with van der Waals surface area (Å²) in [5.41, 5.74) is 4.92. The van der Waals surface area contributed by atoms with Crippen molar-refractivity contribution in [1.82, 2.24) is 10.9 Å². The number of hydrogen-bond donors (Lipinski definition) is 2. The van der Waals surface area contributed by atoms with Gasteiger partial charge in [-0.3, -0.25) is 20.4 Å². The van der Waals surface area contributed by atoms with Gasteiger partial charge in [0.2, 0.25) is 0 Å². The maximum Gasteiger partial charge on any atom is 0.276 e. The van der Waals surface area contributed by atoms with E-state index in [1.807, 2.05) is 36.4 Å². The van der Waals surface area contributed by atoms with Crippen molar-refractivity contribution in [2.75, 3.05) is 20.8 Å². The van der Waals surface area contributed by atoms with E-state index in [2.05, 4.69) is 10.9 Å². The summed E-state index contributed by atoms with van der Waals surface area (Å²) in [5.74, 6) is 0.448. The molecule has 144 valence electrons. The van der Waals surface area contributed by atoms with Crippen LogP contribution in [0.2, 0.25) is 0 Å². The molecule has 0 radical (unpaired) electrons. The van der Waals surface area contributed by atoms with Gasteiger partial charge in [-0.15, -0.1) is 0 Å². The molecule has 0 saturated heterocycles. The molecule has 7 heteroatoms. The third kappa shape index (κ3) is 4.50. The van der Waals surface area contributed by atoms with Crippen LogP contribution in [0, 0.1) is 0 Å². The number of hydrazine groups is 1. The molecule has 0 heterocycles. The Bertz CT molecular complexity index is 1000. The third-order valence-corrected chi connectivity index (χ3v) is 4.06. The Morgan fingerprint density at radius 2 is 1.57 bits per heavy atom. The minimum atomic E-state index is -0.515. The third-order valence-electron chi connectivity index (χ3n) is 4.06. The summed E-state index contributed by atoms with van der Waals surface area (Å²) in [5, 5.41) is 2.10. The zero-order valence-electron chi connectivity index (χ0n) is 15.5. The molecule has 0 aliphatic heterocycles. The van der Waals surface area contributed by atoms with Gasteiger partial charge in [-0.1, -0.05) is 30.3 Å². The van der Waals surface area contributed by atoms with E-state index < -0.39 is 11.8 Å². The summed E-state index contributed by atoms with van der Waals surface area (Å²) in [6.45, 7) is -0.238. The largest absolute Gasteiger partial charge is 0.497 e. The average molecular weight is 380 g/mol. The zero-order valence-corrected chi connectivity index (χ0v) is 15.5. The number of ether oxygens (including phenoxy) is 3. The van der Waals surface area contributed by atoms with Crippen LogP contribution in [-0.2, 0) is 4.79 Å². The van der Waals surface area contributed by atoms with Gasteiger partial charge in [0.25, 0.3) is 11.8 Å². The molecular weight excluding hydrogens is 360 g/mol. The molecular formula is C21H20N2O5. The van der Waals surface area contributed by atoms with Gasteiger partial charge in [0.1, 0.15) is 17.2 Å². The Hall–Kier alpha value is -3.74. The Balaban J connectivity index is 1.54. The van der Waals surface area contributed by atoms with E-state index in [1.165, 1.54) is 14.2 Å². The molecule has 0 saturated carbocycles. The van der Waals surface area contributed by atoms with Crippen molar-refractivity contribution in [3.8, 4) is 17.2 Å². The predicted molar refractivity (Wildman–Crippen MR) is 105 cm³/mol. The molecule has 0 unspecified atom stereocenters. The molecule has 0 fully saturated rings. The second-order valence-electron chi connectivity index (χ2n) is 5.87. The molecule has 3 aromatic carbocycles. The molecule has 2 amide bonds. The lowest BCUT2D eigenvalue weighted by Crippen LogP contribution is -2.43. The Morgan fingerprint density at radius 1 is 0.821 bits per heavy atom. The molecule has 0 atom stereocenters. The number of nitrogens with one attached hydrogen (secondary N) is 2. The Kier molecular flexibility index (Phi) is 5.96. The minimum absolute atomic E-state index is 0.238. The van der Waals surface area contributed by atoms with Gasteiger partial charge in [-0.2, -0.15) is 0 Å². The van der Waals surface area contributed by atoms with Crippen molar-refractivity contribution in [3.63, 3.8) is 0 Å². The highest BCUT2D eigenvalue weighted by Gasteiger charge is 2.14. The molecule has 0 aliphatic rings. The fourth-order valence-corrected chi connectivity index (χ4v) is 2.62. The van der Waals surface area contributed by atoms with Crippen LogP contribution in [0.25, 0.3) is 10.8 Å². The summed E-state index contributed by atoms with van der Waals surface area (Å²) in [6.07, 6.45) is 0. The van der Waals surface area contributed by atoms with Crippen molar-refractivity contribution < 1.29 is 23.8 Å². The summed E-state index contributed by atoms with van der Waals surface area (Å²) in [7, 11) is 2.96. The first-order chi connectivity index (χ1) is 13.6. The van der Waals surface area contributed by atoms with Crippen molar-refractivity contribution in [2.24, 2.45) is 0 Å². The van der Waals surface area contributed by atoms with Gasteiger partial charge in [-0.05, 0) is 35.0 Å². The minimum Gasteiger partial charge on any atom is -0.497 e. The van der Waals surface area contributed by atoms with E-state index in [4.69, 9.17) is 14.2 Å². The summed E-state index contributed by atoms with van der Waals surface area (Å²) in [6, 6.07) is 18.2. The number of methoxy groups -OCH3 is 2. The van der Waals surface area contributed by atoms with E-state index in [9.17, 15) is 9.59 Å². The molecule has 7 nitrogen and oxygen atoms in total. The first-order valence-electron chi connectivity index (χ1n) is 8.53. The summed E-state index contributed by atoms with van der Waals surface area (Å²) < 4.78 is 15.8. The standard InChI is InChI=1S/C21H20N2O5/c1-26-16-9-10-18(19(12-16)27-2)21(25)23-22-20(24)13-28-17-8-7-14-5-3-4-6-15(14)11-17/h3-12H,13H2,1-2H3,(H,22,24)(H,23,25). The normalized spacial score (nSPS) is 10.2. The molecule has 0 aromatic heterocycles. The maximum atomic E-state index is 12.3. The van der Waals surface area contributed by atoms with E-state index in [0.717, 1.165) is 10.8 Å². The highest BCUT2D eigenvalue weighted by Crippen LogP contribution is 2.24.